The first-order chi connectivity index (χ1) is 14.6. The number of likely N-dealkylation sites (N-methyl/N-ethyl adjacent to an activating group) is 2. The summed E-state index contributed by atoms with van der Waals surface area (Å²) in [5, 5.41) is 11.3. The summed E-state index contributed by atoms with van der Waals surface area (Å²) < 4.78 is 34.0. The first kappa shape index (κ1) is 23.9. The van der Waals surface area contributed by atoms with Crippen LogP contribution in [0.2, 0.25) is 0 Å². The smallest absolute Gasteiger partial charge is 0.270 e. The molecule has 11 heteroatoms. The number of ether oxygens (including phenoxy) is 1. The molecule has 0 aromatic heterocycles. The highest BCUT2D eigenvalue weighted by molar-refractivity contribution is 7.93. The number of non-ortho nitro benzene ring substituents is 1. The number of nitrogens with zero attached hydrogens (tertiary/aromatic N) is 3. The van der Waals surface area contributed by atoms with Gasteiger partial charge in [-0.1, -0.05) is 12.1 Å². The Hall–Kier alpha value is -3.34. The molecule has 168 valence electrons. The van der Waals surface area contributed by atoms with Crippen LogP contribution in [0.1, 0.15) is 13.8 Å². The van der Waals surface area contributed by atoms with Crippen LogP contribution in [0.25, 0.3) is 0 Å². The molecule has 1 amide bonds. The Morgan fingerprint density at radius 1 is 1.16 bits per heavy atom. The van der Waals surface area contributed by atoms with E-state index < -0.39 is 14.9 Å². The number of sulfonamides is 1. The van der Waals surface area contributed by atoms with Crippen LogP contribution in [-0.2, 0) is 14.8 Å². The van der Waals surface area contributed by atoms with Gasteiger partial charge in [-0.2, -0.15) is 0 Å². The number of rotatable bonds is 10. The standard InChI is InChI=1S/C20H26N4O6S/c1-5-23(6-2)20(25)14-22(3)17-12-11-15(24(26)27)13-19(17)31(28,29)21-16-9-7-8-10-18(16)30-4/h7-13,21H,5-6,14H2,1-4H3. The Balaban J connectivity index is 2.50. The molecule has 0 heterocycles. The molecule has 0 aliphatic rings. The predicted octanol–water partition coefficient (Wildman–Crippen LogP) is 2.71. The monoisotopic (exact) mass is 450 g/mol. The largest absolute Gasteiger partial charge is 0.495 e. The van der Waals surface area contributed by atoms with Crippen LogP contribution in [0, 0.1) is 10.1 Å². The normalized spacial score (nSPS) is 11.0. The van der Waals surface area contributed by atoms with E-state index in [-0.39, 0.29) is 34.4 Å². The van der Waals surface area contributed by atoms with Crippen LogP contribution in [0.15, 0.2) is 47.4 Å². The van der Waals surface area contributed by atoms with Gasteiger partial charge in [0.05, 0.1) is 30.0 Å². The summed E-state index contributed by atoms with van der Waals surface area (Å²) in [6.07, 6.45) is 0. The fourth-order valence-corrected chi connectivity index (χ4v) is 4.38. The number of carbonyl (C=O) groups is 1. The second kappa shape index (κ2) is 10.1. The number of nitro groups is 1. The number of carbonyl (C=O) groups excluding carboxylic acids is 1. The molecule has 2 aromatic carbocycles. The Morgan fingerprint density at radius 3 is 2.39 bits per heavy atom. The van der Waals surface area contributed by atoms with Crippen molar-refractivity contribution < 1.29 is 22.9 Å². The van der Waals surface area contributed by atoms with Crippen molar-refractivity contribution in [1.82, 2.24) is 4.90 Å². The molecular formula is C20H26N4O6S. The molecule has 10 nitrogen and oxygen atoms in total. The highest BCUT2D eigenvalue weighted by Gasteiger charge is 2.26. The van der Waals surface area contributed by atoms with Gasteiger partial charge < -0.3 is 14.5 Å². The third kappa shape index (κ3) is 5.63. The van der Waals surface area contributed by atoms with E-state index >= 15 is 0 Å². The molecule has 0 radical (unpaired) electrons. The van der Waals surface area contributed by atoms with Crippen molar-refractivity contribution in [3.8, 4) is 5.75 Å². The molecule has 2 rings (SSSR count). The van der Waals surface area contributed by atoms with Crippen molar-refractivity contribution in [3.63, 3.8) is 0 Å². The minimum atomic E-state index is -4.25. The average molecular weight is 451 g/mol. The number of nitrogens with one attached hydrogen (secondary N) is 1. The molecule has 0 saturated heterocycles. The number of amides is 1. The lowest BCUT2D eigenvalue weighted by Crippen LogP contribution is -2.39. The molecule has 0 unspecified atom stereocenters. The number of benzene rings is 2. The molecular weight excluding hydrogens is 424 g/mol. The summed E-state index contributed by atoms with van der Waals surface area (Å²) in [6, 6.07) is 9.92. The van der Waals surface area contributed by atoms with Crippen LogP contribution in [0.5, 0.6) is 5.75 Å². The zero-order valence-corrected chi connectivity index (χ0v) is 18.7. The molecule has 0 aliphatic carbocycles. The number of hydrogen-bond acceptors (Lipinski definition) is 7. The van der Waals surface area contributed by atoms with Gasteiger partial charge in [-0.15, -0.1) is 0 Å². The quantitative estimate of drug-likeness (QED) is 0.436. The van der Waals surface area contributed by atoms with Crippen LogP contribution in [0.3, 0.4) is 0 Å². The van der Waals surface area contributed by atoms with Crippen molar-refractivity contribution in [3.05, 3.63) is 52.6 Å². The van der Waals surface area contributed by atoms with Gasteiger partial charge in [0.15, 0.2) is 0 Å². The maximum absolute atomic E-state index is 13.2. The lowest BCUT2D eigenvalue weighted by Gasteiger charge is -2.26. The van der Waals surface area contributed by atoms with E-state index in [2.05, 4.69) is 4.72 Å². The highest BCUT2D eigenvalue weighted by Crippen LogP contribution is 2.32. The number of nitro benzene ring substituents is 1. The van der Waals surface area contributed by atoms with Gasteiger partial charge in [0.25, 0.3) is 15.7 Å². The molecule has 0 aliphatic heterocycles. The zero-order chi connectivity index (χ0) is 23.2. The Morgan fingerprint density at radius 2 is 1.81 bits per heavy atom. The SMILES string of the molecule is CCN(CC)C(=O)CN(C)c1ccc([N+](=O)[O-])cc1S(=O)(=O)Nc1ccccc1OC. The summed E-state index contributed by atoms with van der Waals surface area (Å²) in [4.78, 5) is 25.8. The maximum Gasteiger partial charge on any atom is 0.270 e. The Labute approximate surface area is 181 Å². The molecule has 0 atom stereocenters. The third-order valence-corrected chi connectivity index (χ3v) is 6.09. The van der Waals surface area contributed by atoms with E-state index in [4.69, 9.17) is 4.74 Å². The van der Waals surface area contributed by atoms with E-state index in [1.807, 2.05) is 13.8 Å². The summed E-state index contributed by atoms with van der Waals surface area (Å²) in [5.41, 5.74) is -0.0366. The Kier molecular flexibility index (Phi) is 7.81. The summed E-state index contributed by atoms with van der Waals surface area (Å²) >= 11 is 0. The molecule has 1 N–H and O–H groups in total. The predicted molar refractivity (Wildman–Crippen MR) is 118 cm³/mol. The van der Waals surface area contributed by atoms with Gasteiger partial charge >= 0.3 is 0 Å². The van der Waals surface area contributed by atoms with Crippen molar-refractivity contribution in [2.45, 2.75) is 18.7 Å². The van der Waals surface area contributed by atoms with E-state index in [9.17, 15) is 23.3 Å². The second-order valence-corrected chi connectivity index (χ2v) is 8.29. The first-order valence-electron chi connectivity index (χ1n) is 9.57. The number of methoxy groups -OCH3 is 1. The summed E-state index contributed by atoms with van der Waals surface area (Å²) in [7, 11) is -1.28. The average Bonchev–Trinajstić information content (AvgIpc) is 2.74. The lowest BCUT2D eigenvalue weighted by atomic mass is 10.2. The van der Waals surface area contributed by atoms with Gasteiger partial charge in [-0.05, 0) is 32.0 Å². The van der Waals surface area contributed by atoms with Crippen molar-refractivity contribution in [1.29, 1.82) is 0 Å². The van der Waals surface area contributed by atoms with Crippen LogP contribution >= 0.6 is 0 Å². The molecule has 0 bridgehead atoms. The van der Waals surface area contributed by atoms with Crippen molar-refractivity contribution in [2.75, 3.05) is 43.4 Å². The summed E-state index contributed by atoms with van der Waals surface area (Å²) in [5.74, 6) is 0.106. The van der Waals surface area contributed by atoms with Crippen molar-refractivity contribution in [2.24, 2.45) is 0 Å². The first-order valence-corrected chi connectivity index (χ1v) is 11.1. The van der Waals surface area contributed by atoms with Crippen LogP contribution < -0.4 is 14.4 Å². The maximum atomic E-state index is 13.2. The van der Waals surface area contributed by atoms with Gasteiger partial charge in [0, 0.05) is 32.3 Å². The van der Waals surface area contributed by atoms with E-state index in [1.54, 1.807) is 30.1 Å². The van der Waals surface area contributed by atoms with Gasteiger partial charge in [-0.25, -0.2) is 8.42 Å². The van der Waals surface area contributed by atoms with Crippen LogP contribution in [-0.4, -0.2) is 57.9 Å². The van der Waals surface area contributed by atoms with Crippen LogP contribution in [0.4, 0.5) is 17.1 Å². The number of hydrogen-bond donors (Lipinski definition) is 1. The third-order valence-electron chi connectivity index (χ3n) is 4.69. The van der Waals surface area contributed by atoms with Crippen molar-refractivity contribution >= 4 is 33.0 Å². The van der Waals surface area contributed by atoms with Gasteiger partial charge in [-0.3, -0.25) is 19.6 Å². The number of para-hydroxylation sites is 2. The van der Waals surface area contributed by atoms with E-state index in [0.717, 1.165) is 6.07 Å². The topological polar surface area (TPSA) is 122 Å². The lowest BCUT2D eigenvalue weighted by molar-refractivity contribution is -0.385. The Bertz CT molecular complexity index is 1050. The second-order valence-electron chi connectivity index (χ2n) is 6.64. The van der Waals surface area contributed by atoms with E-state index in [0.29, 0.717) is 18.8 Å². The molecule has 0 spiro atoms. The molecule has 2 aromatic rings. The zero-order valence-electron chi connectivity index (χ0n) is 17.9. The highest BCUT2D eigenvalue weighted by atomic mass is 32.2. The number of anilines is 2. The molecule has 0 fully saturated rings. The fraction of sp³-hybridized carbons (Fsp3) is 0.350. The fourth-order valence-electron chi connectivity index (χ4n) is 3.04. The molecule has 31 heavy (non-hydrogen) atoms. The molecule has 0 saturated carbocycles. The minimum Gasteiger partial charge on any atom is -0.495 e. The van der Waals surface area contributed by atoms with Gasteiger partial charge in [0.1, 0.15) is 10.6 Å². The van der Waals surface area contributed by atoms with E-state index in [1.165, 1.54) is 30.2 Å². The minimum absolute atomic E-state index is 0.0866. The summed E-state index contributed by atoms with van der Waals surface area (Å²) in [6.45, 7) is 4.64. The van der Waals surface area contributed by atoms with Gasteiger partial charge in [0.2, 0.25) is 5.91 Å².